The van der Waals surface area contributed by atoms with Gasteiger partial charge in [0, 0.05) is 12.6 Å². The Balaban J connectivity index is 2.15. The molecule has 0 atom stereocenters. The molecule has 3 N–H and O–H groups in total. The molecule has 4 heteroatoms. The Hall–Kier alpha value is -1.55. The minimum absolute atomic E-state index is 0.294. The number of hydrogen-bond donors (Lipinski definition) is 2. The van der Waals surface area contributed by atoms with Gasteiger partial charge in [-0.05, 0) is 37.8 Å². The Labute approximate surface area is 121 Å². The lowest BCUT2D eigenvalue weighted by atomic mass is 10.0. The predicted octanol–water partition coefficient (Wildman–Crippen LogP) is 2.79. The summed E-state index contributed by atoms with van der Waals surface area (Å²) in [6.45, 7) is 5.67. The van der Waals surface area contributed by atoms with E-state index in [1.54, 1.807) is 0 Å². The van der Waals surface area contributed by atoms with Crippen LogP contribution in [0.25, 0.3) is 0 Å². The van der Waals surface area contributed by atoms with Crippen molar-refractivity contribution in [1.82, 2.24) is 4.90 Å². The van der Waals surface area contributed by atoms with E-state index in [9.17, 15) is 0 Å². The summed E-state index contributed by atoms with van der Waals surface area (Å²) < 4.78 is 0. The molecule has 0 unspecified atom stereocenters. The number of nitrogens with two attached hydrogens (primary N) is 1. The molecule has 0 aromatic heterocycles. The van der Waals surface area contributed by atoms with Gasteiger partial charge in [-0.15, -0.1) is 0 Å². The zero-order valence-electron chi connectivity index (χ0n) is 12.5. The molecule has 1 aliphatic rings. The third kappa shape index (κ3) is 3.73. The summed E-state index contributed by atoms with van der Waals surface area (Å²) in [7, 11) is 0. The van der Waals surface area contributed by atoms with E-state index in [0.717, 1.165) is 6.54 Å². The van der Waals surface area contributed by atoms with Crippen molar-refractivity contribution in [2.75, 3.05) is 6.54 Å². The zero-order chi connectivity index (χ0) is 14.5. The maximum absolute atomic E-state index is 8.83. The predicted molar refractivity (Wildman–Crippen MR) is 82.0 cm³/mol. The molecule has 0 saturated heterocycles. The average molecular weight is 275 g/mol. The SMILES string of the molecule is Cc1ccc(C)c(CN(CC(N)=NO)C2CCCC2)c1. The van der Waals surface area contributed by atoms with Crippen LogP contribution in [0, 0.1) is 13.8 Å². The van der Waals surface area contributed by atoms with Crippen LogP contribution in [-0.2, 0) is 6.54 Å². The highest BCUT2D eigenvalue weighted by atomic mass is 16.4. The second-order valence-corrected chi connectivity index (χ2v) is 5.86. The summed E-state index contributed by atoms with van der Waals surface area (Å²) in [5.41, 5.74) is 9.64. The minimum atomic E-state index is 0.294. The van der Waals surface area contributed by atoms with Crippen molar-refractivity contribution in [3.63, 3.8) is 0 Å². The largest absolute Gasteiger partial charge is 0.409 e. The van der Waals surface area contributed by atoms with E-state index in [2.05, 4.69) is 42.1 Å². The maximum atomic E-state index is 8.83. The van der Waals surface area contributed by atoms with E-state index < -0.39 is 0 Å². The first-order valence-electron chi connectivity index (χ1n) is 7.36. The monoisotopic (exact) mass is 275 g/mol. The molecular formula is C16H25N3O. The van der Waals surface area contributed by atoms with Crippen molar-refractivity contribution in [1.29, 1.82) is 0 Å². The second kappa shape index (κ2) is 6.75. The smallest absolute Gasteiger partial charge is 0.153 e. The van der Waals surface area contributed by atoms with Crippen LogP contribution in [0.4, 0.5) is 0 Å². The van der Waals surface area contributed by atoms with Gasteiger partial charge in [0.05, 0.1) is 6.54 Å². The number of amidine groups is 1. The van der Waals surface area contributed by atoms with E-state index in [4.69, 9.17) is 10.9 Å². The molecule has 0 radical (unpaired) electrons. The Kier molecular flexibility index (Phi) is 5.01. The van der Waals surface area contributed by atoms with Crippen LogP contribution in [0.1, 0.15) is 42.4 Å². The van der Waals surface area contributed by atoms with Crippen LogP contribution in [0.15, 0.2) is 23.4 Å². The summed E-state index contributed by atoms with van der Waals surface area (Å²) in [6.07, 6.45) is 4.99. The van der Waals surface area contributed by atoms with Crippen LogP contribution in [0.2, 0.25) is 0 Å². The fraction of sp³-hybridized carbons (Fsp3) is 0.562. The van der Waals surface area contributed by atoms with Crippen LogP contribution in [0.3, 0.4) is 0 Å². The summed E-state index contributed by atoms with van der Waals surface area (Å²) >= 11 is 0. The fourth-order valence-corrected chi connectivity index (χ4v) is 3.01. The highest BCUT2D eigenvalue weighted by Crippen LogP contribution is 2.25. The van der Waals surface area contributed by atoms with Gasteiger partial charge in [0.15, 0.2) is 5.84 Å². The Morgan fingerprint density at radius 2 is 2.05 bits per heavy atom. The number of benzene rings is 1. The molecule has 4 nitrogen and oxygen atoms in total. The average Bonchev–Trinajstić information content (AvgIpc) is 2.96. The minimum Gasteiger partial charge on any atom is -0.409 e. The van der Waals surface area contributed by atoms with Gasteiger partial charge in [-0.1, -0.05) is 41.8 Å². The van der Waals surface area contributed by atoms with Crippen LogP contribution in [0.5, 0.6) is 0 Å². The molecule has 2 rings (SSSR count). The van der Waals surface area contributed by atoms with Gasteiger partial charge in [0.25, 0.3) is 0 Å². The first-order chi connectivity index (χ1) is 9.60. The Bertz CT molecular complexity index is 479. The number of hydrogen-bond acceptors (Lipinski definition) is 3. The van der Waals surface area contributed by atoms with E-state index in [-0.39, 0.29) is 0 Å². The van der Waals surface area contributed by atoms with Gasteiger partial charge in [-0.25, -0.2) is 0 Å². The Morgan fingerprint density at radius 3 is 2.70 bits per heavy atom. The number of nitrogens with zero attached hydrogens (tertiary/aromatic N) is 2. The van der Waals surface area contributed by atoms with Crippen molar-refractivity contribution in [3.8, 4) is 0 Å². The quantitative estimate of drug-likeness (QED) is 0.376. The third-order valence-corrected chi connectivity index (χ3v) is 4.21. The lowest BCUT2D eigenvalue weighted by molar-refractivity contribution is 0.213. The molecule has 0 bridgehead atoms. The van der Waals surface area contributed by atoms with E-state index in [0.29, 0.717) is 18.4 Å². The van der Waals surface area contributed by atoms with Gasteiger partial charge < -0.3 is 10.9 Å². The van der Waals surface area contributed by atoms with E-state index in [1.165, 1.54) is 42.4 Å². The topological polar surface area (TPSA) is 61.8 Å². The van der Waals surface area contributed by atoms with Gasteiger partial charge in [0.2, 0.25) is 0 Å². The summed E-state index contributed by atoms with van der Waals surface area (Å²) in [6, 6.07) is 7.10. The fourth-order valence-electron chi connectivity index (χ4n) is 3.01. The number of aryl methyl sites for hydroxylation is 2. The van der Waals surface area contributed by atoms with Gasteiger partial charge >= 0.3 is 0 Å². The van der Waals surface area contributed by atoms with Crippen LogP contribution in [-0.4, -0.2) is 28.5 Å². The molecule has 1 aliphatic carbocycles. The molecule has 1 saturated carbocycles. The first kappa shape index (κ1) is 14.9. The van der Waals surface area contributed by atoms with Crippen molar-refractivity contribution in [2.45, 2.75) is 52.1 Å². The summed E-state index contributed by atoms with van der Waals surface area (Å²) in [4.78, 5) is 2.35. The molecule has 0 amide bonds. The molecule has 110 valence electrons. The summed E-state index contributed by atoms with van der Waals surface area (Å²) in [5.74, 6) is 0.294. The lowest BCUT2D eigenvalue weighted by Gasteiger charge is -2.29. The third-order valence-electron chi connectivity index (χ3n) is 4.21. The standard InChI is InChI=1S/C16H25N3O/c1-12-7-8-13(2)14(9-12)10-19(11-16(17)18-20)15-5-3-4-6-15/h7-9,15,20H,3-6,10-11H2,1-2H3,(H2,17,18). The molecule has 0 aliphatic heterocycles. The van der Waals surface area contributed by atoms with Gasteiger partial charge in [-0.3, -0.25) is 4.90 Å². The van der Waals surface area contributed by atoms with E-state index >= 15 is 0 Å². The highest BCUT2D eigenvalue weighted by Gasteiger charge is 2.23. The molecule has 1 aromatic carbocycles. The molecule has 0 heterocycles. The normalized spacial score (nSPS) is 17.1. The van der Waals surface area contributed by atoms with Gasteiger partial charge in [-0.2, -0.15) is 0 Å². The van der Waals surface area contributed by atoms with Crippen molar-refractivity contribution >= 4 is 5.84 Å². The molecule has 0 spiro atoms. The first-order valence-corrected chi connectivity index (χ1v) is 7.36. The molecular weight excluding hydrogens is 250 g/mol. The Morgan fingerprint density at radius 1 is 1.35 bits per heavy atom. The van der Waals surface area contributed by atoms with Crippen molar-refractivity contribution in [2.24, 2.45) is 10.9 Å². The summed E-state index contributed by atoms with van der Waals surface area (Å²) in [5, 5.41) is 12.0. The lowest BCUT2D eigenvalue weighted by Crippen LogP contribution is -2.39. The van der Waals surface area contributed by atoms with Gasteiger partial charge in [0.1, 0.15) is 0 Å². The van der Waals surface area contributed by atoms with E-state index in [1.807, 2.05) is 0 Å². The van der Waals surface area contributed by atoms with Crippen molar-refractivity contribution in [3.05, 3.63) is 34.9 Å². The second-order valence-electron chi connectivity index (χ2n) is 5.86. The van der Waals surface area contributed by atoms with Crippen molar-refractivity contribution < 1.29 is 5.21 Å². The molecule has 1 aromatic rings. The maximum Gasteiger partial charge on any atom is 0.153 e. The van der Waals surface area contributed by atoms with Crippen LogP contribution < -0.4 is 5.73 Å². The number of rotatable bonds is 5. The number of oxime groups is 1. The zero-order valence-corrected chi connectivity index (χ0v) is 12.5. The molecule has 20 heavy (non-hydrogen) atoms. The molecule has 1 fully saturated rings. The highest BCUT2D eigenvalue weighted by molar-refractivity contribution is 5.81. The van der Waals surface area contributed by atoms with Crippen LogP contribution >= 0.6 is 0 Å².